The zero-order valence-corrected chi connectivity index (χ0v) is 27.3. The second-order valence-electron chi connectivity index (χ2n) is 12.9. The number of alkyl halides is 6. The van der Waals surface area contributed by atoms with E-state index in [0.717, 1.165) is 18.3 Å². The third kappa shape index (κ3) is 7.98. The molecule has 1 amide bonds. The van der Waals surface area contributed by atoms with Crippen molar-refractivity contribution in [3.63, 3.8) is 0 Å². The number of anilines is 2. The van der Waals surface area contributed by atoms with Crippen molar-refractivity contribution >= 4 is 27.6 Å². The first-order chi connectivity index (χ1) is 22.1. The first-order valence-electron chi connectivity index (χ1n) is 15.0. The molecule has 2 fully saturated rings. The summed E-state index contributed by atoms with van der Waals surface area (Å²) in [4.78, 5) is 17.6. The van der Waals surface area contributed by atoms with Gasteiger partial charge in [0.2, 0.25) is 10.0 Å². The van der Waals surface area contributed by atoms with E-state index in [2.05, 4.69) is 10.3 Å². The number of sulfonamides is 1. The second-order valence-corrected chi connectivity index (χ2v) is 14.9. The van der Waals surface area contributed by atoms with Crippen molar-refractivity contribution in [3.8, 4) is 0 Å². The fourth-order valence-electron chi connectivity index (χ4n) is 5.84. The number of benzene rings is 1. The van der Waals surface area contributed by atoms with Gasteiger partial charge in [-0.15, -0.1) is 0 Å². The van der Waals surface area contributed by atoms with Crippen LogP contribution in [0.3, 0.4) is 0 Å². The molecule has 4 rings (SSSR count). The van der Waals surface area contributed by atoms with Gasteiger partial charge in [0.25, 0.3) is 5.60 Å². The van der Waals surface area contributed by atoms with Crippen LogP contribution in [-0.2, 0) is 25.1 Å². The molecule has 2 aromatic rings. The van der Waals surface area contributed by atoms with E-state index in [9.17, 15) is 49.8 Å². The maximum atomic E-state index is 13.7. The van der Waals surface area contributed by atoms with E-state index < -0.39 is 56.7 Å². The standard InChI is InChI=1S/C30H38F6N4O7S/c1-26(2,3)47-25(42)38-24-9-8-23(17-37-24)48(44,45)39-12-13-40(22(18-39)16-27(19-41)10-14-46-15-11-27)21-6-4-20(5-7-21)28(43,29(31,32)33)30(34,35)36/h4-9,17,22,41,43H,10-16,18-19H2,1-3H3,(H,37,38,42)/t22-/m0/s1. The molecule has 2 aliphatic heterocycles. The van der Waals surface area contributed by atoms with Gasteiger partial charge in [-0.25, -0.2) is 18.2 Å². The van der Waals surface area contributed by atoms with Crippen LogP contribution in [-0.4, -0.2) is 97.5 Å². The van der Waals surface area contributed by atoms with Crippen LogP contribution in [0.1, 0.15) is 45.6 Å². The van der Waals surface area contributed by atoms with Crippen molar-refractivity contribution in [1.29, 1.82) is 0 Å². The third-order valence-electron chi connectivity index (χ3n) is 8.44. The van der Waals surface area contributed by atoms with Crippen LogP contribution in [0.2, 0.25) is 0 Å². The van der Waals surface area contributed by atoms with Crippen molar-refractivity contribution in [1.82, 2.24) is 9.29 Å². The Morgan fingerprint density at radius 3 is 2.12 bits per heavy atom. The van der Waals surface area contributed by atoms with Gasteiger partial charge in [-0.2, -0.15) is 30.6 Å². The summed E-state index contributed by atoms with van der Waals surface area (Å²) in [6.07, 6.45) is -10.7. The molecular formula is C30H38F6N4O7S. The van der Waals surface area contributed by atoms with Gasteiger partial charge in [0.05, 0.1) is 0 Å². The third-order valence-corrected chi connectivity index (χ3v) is 10.3. The van der Waals surface area contributed by atoms with Crippen molar-refractivity contribution < 1.29 is 59.2 Å². The first kappa shape index (κ1) is 37.6. The summed E-state index contributed by atoms with van der Waals surface area (Å²) in [5.74, 6) is 0.0432. The molecule has 3 heterocycles. The molecule has 0 bridgehead atoms. The van der Waals surface area contributed by atoms with E-state index in [1.807, 2.05) is 0 Å². The van der Waals surface area contributed by atoms with Crippen LogP contribution >= 0.6 is 0 Å². The maximum absolute atomic E-state index is 13.7. The molecule has 18 heteroatoms. The van der Waals surface area contributed by atoms with Gasteiger partial charge in [-0.05, 0) is 69.7 Å². The first-order valence-corrected chi connectivity index (χ1v) is 16.4. The molecule has 1 aromatic heterocycles. The monoisotopic (exact) mass is 712 g/mol. The molecule has 1 atom stereocenters. The molecule has 3 N–H and O–H groups in total. The van der Waals surface area contributed by atoms with Gasteiger partial charge in [-0.3, -0.25) is 5.32 Å². The average Bonchev–Trinajstić information content (AvgIpc) is 2.99. The summed E-state index contributed by atoms with van der Waals surface area (Å²) in [5, 5.41) is 22.6. The Labute approximate surface area is 273 Å². The number of aliphatic hydroxyl groups excluding tert-OH is 1. The Kier molecular flexibility index (Phi) is 10.7. The maximum Gasteiger partial charge on any atom is 0.430 e. The minimum atomic E-state index is -6.05. The van der Waals surface area contributed by atoms with E-state index in [4.69, 9.17) is 9.47 Å². The Hall–Kier alpha value is -3.19. The second kappa shape index (κ2) is 13.6. The normalized spacial score (nSPS) is 20.0. The van der Waals surface area contributed by atoms with Gasteiger partial charge < -0.3 is 24.6 Å². The Bertz CT molecular complexity index is 1510. The number of piperazine rings is 1. The number of rotatable bonds is 8. The fourth-order valence-corrected chi connectivity index (χ4v) is 7.25. The summed E-state index contributed by atoms with van der Waals surface area (Å²) >= 11 is 0. The number of ether oxygens (including phenoxy) is 2. The number of carbonyl (C=O) groups excluding carboxylic acids is 1. The largest absolute Gasteiger partial charge is 0.444 e. The van der Waals surface area contributed by atoms with Crippen molar-refractivity contribution in [2.45, 2.75) is 74.5 Å². The fraction of sp³-hybridized carbons (Fsp3) is 0.600. The number of halogens is 6. The topological polar surface area (TPSA) is 142 Å². The highest BCUT2D eigenvalue weighted by atomic mass is 32.2. The van der Waals surface area contributed by atoms with Crippen LogP contribution in [0.25, 0.3) is 0 Å². The van der Waals surface area contributed by atoms with E-state index in [1.54, 1.807) is 25.7 Å². The minimum absolute atomic E-state index is 0.00419. The highest BCUT2D eigenvalue weighted by Crippen LogP contribution is 2.50. The number of hydrogen-bond donors (Lipinski definition) is 3. The Morgan fingerprint density at radius 2 is 1.62 bits per heavy atom. The van der Waals surface area contributed by atoms with Crippen LogP contribution < -0.4 is 10.2 Å². The molecule has 48 heavy (non-hydrogen) atoms. The van der Waals surface area contributed by atoms with Gasteiger partial charge in [0, 0.05) is 62.9 Å². The molecule has 11 nitrogen and oxygen atoms in total. The number of amides is 1. The van der Waals surface area contributed by atoms with Gasteiger partial charge >= 0.3 is 18.4 Å². The molecule has 0 aliphatic carbocycles. The van der Waals surface area contributed by atoms with Gasteiger partial charge in [0.15, 0.2) is 0 Å². The predicted molar refractivity (Wildman–Crippen MR) is 161 cm³/mol. The number of carbonyl (C=O) groups is 1. The van der Waals surface area contributed by atoms with Gasteiger partial charge in [-0.1, -0.05) is 12.1 Å². The predicted octanol–water partition coefficient (Wildman–Crippen LogP) is 4.80. The molecule has 0 saturated carbocycles. The molecule has 2 aliphatic rings. The lowest BCUT2D eigenvalue weighted by atomic mass is 9.75. The number of hydrogen-bond acceptors (Lipinski definition) is 9. The summed E-state index contributed by atoms with van der Waals surface area (Å²) in [7, 11) is -4.17. The van der Waals surface area contributed by atoms with Crippen molar-refractivity contribution in [2.24, 2.45) is 5.41 Å². The van der Waals surface area contributed by atoms with Crippen LogP contribution in [0.5, 0.6) is 0 Å². The van der Waals surface area contributed by atoms with E-state index in [-0.39, 0.29) is 49.1 Å². The number of aromatic nitrogens is 1. The molecule has 268 valence electrons. The molecule has 0 unspecified atom stereocenters. The van der Waals surface area contributed by atoms with Gasteiger partial charge in [0.1, 0.15) is 16.3 Å². The number of nitrogens with zero attached hydrogens (tertiary/aromatic N) is 3. The highest BCUT2D eigenvalue weighted by Gasteiger charge is 2.71. The van der Waals surface area contributed by atoms with E-state index >= 15 is 0 Å². The number of pyridine rings is 1. The Balaban J connectivity index is 1.61. The molecule has 0 radical (unpaired) electrons. The zero-order valence-electron chi connectivity index (χ0n) is 26.4. The highest BCUT2D eigenvalue weighted by molar-refractivity contribution is 7.89. The number of nitrogens with one attached hydrogen (secondary N) is 1. The van der Waals surface area contributed by atoms with Crippen LogP contribution in [0, 0.1) is 5.41 Å². The summed E-state index contributed by atoms with van der Waals surface area (Å²) in [6.45, 7) is 5.18. The Morgan fingerprint density at radius 1 is 1.02 bits per heavy atom. The van der Waals surface area contributed by atoms with Crippen LogP contribution in [0.15, 0.2) is 47.5 Å². The SMILES string of the molecule is CC(C)(C)OC(=O)Nc1ccc(S(=O)(=O)N2CCN(c3ccc(C(O)(C(F)(F)F)C(F)(F)F)cc3)[C@@H](CC3(CO)CCOCC3)C2)cn1. The molecular weight excluding hydrogens is 674 g/mol. The molecule has 0 spiro atoms. The summed E-state index contributed by atoms with van der Waals surface area (Å²) in [5.41, 5.74) is -7.77. The number of aliphatic hydroxyl groups is 2. The zero-order chi connectivity index (χ0) is 35.8. The van der Waals surface area contributed by atoms with E-state index in [0.29, 0.717) is 38.2 Å². The van der Waals surface area contributed by atoms with Crippen LogP contribution in [0.4, 0.5) is 42.6 Å². The lowest BCUT2D eigenvalue weighted by molar-refractivity contribution is -0.376. The van der Waals surface area contributed by atoms with Crippen molar-refractivity contribution in [2.75, 3.05) is 49.7 Å². The molecule has 2 saturated heterocycles. The molecule has 1 aromatic carbocycles. The minimum Gasteiger partial charge on any atom is -0.444 e. The van der Waals surface area contributed by atoms with Crippen molar-refractivity contribution in [3.05, 3.63) is 48.2 Å². The lowest BCUT2D eigenvalue weighted by Gasteiger charge is -2.47. The van der Waals surface area contributed by atoms with E-state index in [1.165, 1.54) is 16.4 Å². The summed E-state index contributed by atoms with van der Waals surface area (Å²) < 4.78 is 120. The summed E-state index contributed by atoms with van der Waals surface area (Å²) in [6, 6.07) is 5.00. The smallest absolute Gasteiger partial charge is 0.430 e. The average molecular weight is 713 g/mol. The quantitative estimate of drug-likeness (QED) is 0.329. The lowest BCUT2D eigenvalue weighted by Crippen LogP contribution is -2.57.